The number of rotatable bonds is 3. The Balaban J connectivity index is 1.68. The molecule has 3 atom stereocenters. The number of para-hydroxylation sites is 2. The maximum Gasteiger partial charge on any atom is 0.343 e. The summed E-state index contributed by atoms with van der Waals surface area (Å²) < 4.78 is 5.21. The van der Waals surface area contributed by atoms with Crippen molar-refractivity contribution < 1.29 is 14.3 Å². The van der Waals surface area contributed by atoms with E-state index in [-0.39, 0.29) is 35.8 Å². The van der Waals surface area contributed by atoms with Crippen molar-refractivity contribution in [2.45, 2.75) is 26.7 Å². The number of amidine groups is 1. The normalized spacial score (nSPS) is 25.4. The summed E-state index contributed by atoms with van der Waals surface area (Å²) in [4.78, 5) is 30.1. The second kappa shape index (κ2) is 7.02. The molecule has 1 heterocycles. The van der Waals surface area contributed by atoms with Crippen LogP contribution in [0.4, 0.5) is 11.4 Å². The molecule has 1 aromatic carbocycles. The molecule has 2 aliphatic carbocycles. The highest BCUT2D eigenvalue weighted by molar-refractivity contribution is 6.24. The van der Waals surface area contributed by atoms with Crippen LogP contribution < -0.4 is 10.6 Å². The zero-order valence-electron chi connectivity index (χ0n) is 15.5. The number of ether oxygens (including phenoxy) is 1. The largest absolute Gasteiger partial charge is 0.462 e. The first kappa shape index (κ1) is 17.5. The molecule has 1 aliphatic heterocycles. The van der Waals surface area contributed by atoms with Gasteiger partial charge >= 0.3 is 5.97 Å². The topological polar surface area (TPSA) is 79.8 Å². The molecule has 0 radical (unpaired) electrons. The summed E-state index contributed by atoms with van der Waals surface area (Å²) in [5.74, 6) is 0.369. The molecule has 6 heteroatoms. The molecule has 2 N–H and O–H groups in total. The van der Waals surface area contributed by atoms with Crippen molar-refractivity contribution in [3.63, 3.8) is 0 Å². The summed E-state index contributed by atoms with van der Waals surface area (Å²) in [5, 5.41) is 6.14. The Bertz CT molecular complexity index is 884. The fourth-order valence-electron chi connectivity index (χ4n) is 4.13. The van der Waals surface area contributed by atoms with Crippen molar-refractivity contribution in [3.05, 3.63) is 47.7 Å². The predicted molar refractivity (Wildman–Crippen MR) is 103 cm³/mol. The summed E-state index contributed by atoms with van der Waals surface area (Å²) in [6, 6.07) is 7.49. The lowest BCUT2D eigenvalue weighted by atomic mass is 9.92. The van der Waals surface area contributed by atoms with Crippen LogP contribution in [0.1, 0.15) is 26.7 Å². The van der Waals surface area contributed by atoms with Crippen molar-refractivity contribution in [2.75, 3.05) is 11.9 Å². The van der Waals surface area contributed by atoms with Gasteiger partial charge in [-0.05, 0) is 50.7 Å². The van der Waals surface area contributed by atoms with Crippen LogP contribution >= 0.6 is 0 Å². The van der Waals surface area contributed by atoms with Gasteiger partial charge in [-0.3, -0.25) is 4.79 Å². The third kappa shape index (κ3) is 3.27. The quantitative estimate of drug-likeness (QED) is 0.636. The number of carbonyl (C=O) groups is 2. The Morgan fingerprint density at radius 1 is 1.26 bits per heavy atom. The smallest absolute Gasteiger partial charge is 0.343 e. The van der Waals surface area contributed by atoms with Gasteiger partial charge in [0.25, 0.3) is 0 Å². The van der Waals surface area contributed by atoms with E-state index in [1.807, 2.05) is 24.3 Å². The van der Waals surface area contributed by atoms with E-state index in [0.29, 0.717) is 17.3 Å². The average Bonchev–Trinajstić information content (AvgIpc) is 3.23. The summed E-state index contributed by atoms with van der Waals surface area (Å²) in [6.07, 6.45) is 6.23. The molecule has 2 bridgehead atoms. The Kier molecular flexibility index (Phi) is 4.56. The zero-order valence-corrected chi connectivity index (χ0v) is 15.5. The number of allylic oxidation sites excluding steroid dienone is 3. The van der Waals surface area contributed by atoms with Gasteiger partial charge in [0, 0.05) is 11.6 Å². The number of amides is 1. The third-order valence-corrected chi connectivity index (χ3v) is 5.41. The molecule has 1 amide bonds. The second-order valence-electron chi connectivity index (χ2n) is 7.20. The Labute approximate surface area is 158 Å². The highest BCUT2D eigenvalue weighted by Crippen LogP contribution is 2.43. The summed E-state index contributed by atoms with van der Waals surface area (Å²) in [6.45, 7) is 3.79. The van der Waals surface area contributed by atoms with E-state index in [4.69, 9.17) is 4.74 Å². The van der Waals surface area contributed by atoms with Crippen LogP contribution in [0, 0.1) is 17.8 Å². The fraction of sp³-hybridized carbons (Fsp3) is 0.381. The Morgan fingerprint density at radius 3 is 2.78 bits per heavy atom. The number of benzene rings is 1. The van der Waals surface area contributed by atoms with Crippen molar-refractivity contribution in [2.24, 2.45) is 22.7 Å². The van der Waals surface area contributed by atoms with E-state index >= 15 is 0 Å². The molecule has 1 saturated carbocycles. The number of hydrogen-bond donors (Lipinski definition) is 2. The van der Waals surface area contributed by atoms with E-state index in [1.54, 1.807) is 13.8 Å². The van der Waals surface area contributed by atoms with Gasteiger partial charge in [0.15, 0.2) is 0 Å². The van der Waals surface area contributed by atoms with Crippen molar-refractivity contribution in [3.8, 4) is 0 Å². The second-order valence-corrected chi connectivity index (χ2v) is 7.20. The molecule has 6 nitrogen and oxygen atoms in total. The van der Waals surface area contributed by atoms with Crippen molar-refractivity contribution >= 4 is 29.1 Å². The van der Waals surface area contributed by atoms with Crippen LogP contribution in [0.5, 0.6) is 0 Å². The van der Waals surface area contributed by atoms with Crippen LogP contribution in [0.2, 0.25) is 0 Å². The van der Waals surface area contributed by atoms with Crippen LogP contribution in [0.25, 0.3) is 0 Å². The fourth-order valence-corrected chi connectivity index (χ4v) is 4.13. The van der Waals surface area contributed by atoms with Gasteiger partial charge in [0.1, 0.15) is 11.4 Å². The van der Waals surface area contributed by atoms with E-state index in [1.165, 1.54) is 0 Å². The minimum atomic E-state index is -0.498. The molecule has 27 heavy (non-hydrogen) atoms. The minimum absolute atomic E-state index is 0.0714. The highest BCUT2D eigenvalue weighted by atomic mass is 16.5. The monoisotopic (exact) mass is 365 g/mol. The van der Waals surface area contributed by atoms with Crippen LogP contribution in [-0.4, -0.2) is 24.3 Å². The Morgan fingerprint density at radius 2 is 2.07 bits per heavy atom. The maximum absolute atomic E-state index is 12.9. The first-order valence-corrected chi connectivity index (χ1v) is 9.39. The number of carbonyl (C=O) groups excluding carboxylic acids is 2. The minimum Gasteiger partial charge on any atom is -0.462 e. The summed E-state index contributed by atoms with van der Waals surface area (Å²) in [5.41, 5.74) is 2.31. The van der Waals surface area contributed by atoms with Gasteiger partial charge in [-0.1, -0.05) is 24.3 Å². The van der Waals surface area contributed by atoms with Gasteiger partial charge < -0.3 is 15.4 Å². The standard InChI is InChI=1S/C21H23N3O3/c1-3-27-21(26)18-12(2)22-16-6-4-5-7-17(16)23-19(18)24-20(25)15-11-13-8-9-14(15)10-13/h4-9,13-15,22H,3,10-11H2,1-2H3,(H,23,24,25)/t13-,14-,15+/m0/s1. The Hall–Kier alpha value is -2.89. The van der Waals surface area contributed by atoms with Crippen LogP contribution in [-0.2, 0) is 14.3 Å². The SMILES string of the molecule is CCOC(=O)C1=C(C)Nc2ccccc2N=C1NC(=O)[C@@H]1C[C@H]2C=C[C@H]1C2. The zero-order chi connectivity index (χ0) is 19.0. The van der Waals surface area contributed by atoms with Gasteiger partial charge in [-0.2, -0.15) is 0 Å². The number of hydrogen-bond acceptors (Lipinski definition) is 5. The number of aliphatic imine (C=N–C) groups is 1. The molecule has 0 saturated heterocycles. The van der Waals surface area contributed by atoms with E-state index in [2.05, 4.69) is 27.8 Å². The summed E-state index contributed by atoms with van der Waals surface area (Å²) in [7, 11) is 0. The van der Waals surface area contributed by atoms with E-state index in [0.717, 1.165) is 18.5 Å². The van der Waals surface area contributed by atoms with Crippen molar-refractivity contribution in [1.82, 2.24) is 5.32 Å². The molecule has 0 unspecified atom stereocenters. The number of nitrogens with one attached hydrogen (secondary N) is 2. The van der Waals surface area contributed by atoms with E-state index in [9.17, 15) is 9.59 Å². The lowest BCUT2D eigenvalue weighted by Gasteiger charge is -2.19. The average molecular weight is 365 g/mol. The van der Waals surface area contributed by atoms with Crippen LogP contribution in [0.3, 0.4) is 0 Å². The number of nitrogens with zero attached hydrogens (tertiary/aromatic N) is 1. The van der Waals surface area contributed by atoms with Gasteiger partial charge in [0.2, 0.25) is 5.91 Å². The predicted octanol–water partition coefficient (Wildman–Crippen LogP) is 3.31. The lowest BCUT2D eigenvalue weighted by Crippen LogP contribution is -2.40. The molecule has 140 valence electrons. The third-order valence-electron chi connectivity index (χ3n) is 5.41. The molecular formula is C21H23N3O3. The molecule has 1 fully saturated rings. The van der Waals surface area contributed by atoms with Crippen molar-refractivity contribution in [1.29, 1.82) is 0 Å². The van der Waals surface area contributed by atoms with Crippen LogP contribution in [0.15, 0.2) is 52.7 Å². The van der Waals surface area contributed by atoms with Gasteiger partial charge in [-0.25, -0.2) is 9.79 Å². The maximum atomic E-state index is 12.9. The first-order chi connectivity index (χ1) is 13.1. The van der Waals surface area contributed by atoms with Gasteiger partial charge in [0.05, 0.1) is 18.0 Å². The first-order valence-electron chi connectivity index (χ1n) is 9.39. The molecule has 4 rings (SSSR count). The summed E-state index contributed by atoms with van der Waals surface area (Å²) >= 11 is 0. The highest BCUT2D eigenvalue weighted by Gasteiger charge is 2.40. The van der Waals surface area contributed by atoms with E-state index < -0.39 is 5.97 Å². The molecule has 0 spiro atoms. The number of anilines is 1. The molecule has 3 aliphatic rings. The molecule has 1 aromatic rings. The number of fused-ring (bicyclic) bond motifs is 3. The number of esters is 1. The molecular weight excluding hydrogens is 342 g/mol. The molecule has 0 aromatic heterocycles. The lowest BCUT2D eigenvalue weighted by molar-refractivity contribution is -0.137. The van der Waals surface area contributed by atoms with Gasteiger partial charge in [-0.15, -0.1) is 0 Å².